The fourth-order valence-corrected chi connectivity index (χ4v) is 2.96. The molecule has 0 atom stereocenters. The lowest BCUT2D eigenvalue weighted by molar-refractivity contribution is 0.415. The minimum Gasteiger partial charge on any atom is -0.497 e. The van der Waals surface area contributed by atoms with Crippen LogP contribution in [0, 0.1) is 11.3 Å². The molecule has 1 aliphatic rings. The molecule has 0 unspecified atom stereocenters. The van der Waals surface area contributed by atoms with E-state index in [0.717, 1.165) is 48.2 Å². The quantitative estimate of drug-likeness (QED) is 0.593. The Morgan fingerprint density at radius 3 is 2.43 bits per heavy atom. The highest BCUT2D eigenvalue weighted by molar-refractivity contribution is 5.70. The first-order valence-corrected chi connectivity index (χ1v) is 7.60. The minimum atomic E-state index is 0.534. The number of aromatic nitrogens is 1. The number of hydrazine groups is 1. The van der Waals surface area contributed by atoms with Gasteiger partial charge in [0.25, 0.3) is 0 Å². The maximum absolute atomic E-state index is 9.60. The summed E-state index contributed by atoms with van der Waals surface area (Å²) in [6, 6.07) is 9.78. The van der Waals surface area contributed by atoms with Crippen molar-refractivity contribution in [2.45, 2.75) is 25.7 Å². The maximum Gasteiger partial charge on any atom is 0.151 e. The lowest BCUT2D eigenvalue weighted by atomic mass is 9.89. The van der Waals surface area contributed by atoms with Crippen molar-refractivity contribution in [2.24, 2.45) is 5.84 Å². The molecule has 0 fully saturated rings. The third-order valence-corrected chi connectivity index (χ3v) is 4.12. The summed E-state index contributed by atoms with van der Waals surface area (Å²) in [5.41, 5.74) is 6.24. The molecule has 6 nitrogen and oxygen atoms in total. The van der Waals surface area contributed by atoms with E-state index in [4.69, 9.17) is 10.6 Å². The van der Waals surface area contributed by atoms with Crippen molar-refractivity contribution in [1.29, 1.82) is 5.26 Å². The molecule has 0 aliphatic heterocycles. The van der Waals surface area contributed by atoms with E-state index in [1.165, 1.54) is 0 Å². The third kappa shape index (κ3) is 2.91. The second-order valence-electron chi connectivity index (χ2n) is 5.46. The number of hydrogen-bond donors (Lipinski definition) is 3. The van der Waals surface area contributed by atoms with Gasteiger partial charge in [0.1, 0.15) is 17.6 Å². The zero-order chi connectivity index (χ0) is 16.2. The predicted molar refractivity (Wildman–Crippen MR) is 89.7 cm³/mol. The molecule has 23 heavy (non-hydrogen) atoms. The highest BCUT2D eigenvalue weighted by atomic mass is 16.5. The number of ether oxygens (including phenoxy) is 1. The molecular weight excluding hydrogens is 290 g/mol. The lowest BCUT2D eigenvalue weighted by Gasteiger charge is -2.22. The van der Waals surface area contributed by atoms with Gasteiger partial charge in [0, 0.05) is 11.3 Å². The lowest BCUT2D eigenvalue weighted by Crippen LogP contribution is -2.17. The van der Waals surface area contributed by atoms with Crippen LogP contribution >= 0.6 is 0 Å². The highest BCUT2D eigenvalue weighted by Gasteiger charge is 2.21. The predicted octanol–water partition coefficient (Wildman–Crippen LogP) is 2.87. The summed E-state index contributed by atoms with van der Waals surface area (Å²) < 4.78 is 5.15. The molecule has 0 radical (unpaired) electrons. The molecule has 0 bridgehead atoms. The van der Waals surface area contributed by atoms with E-state index in [-0.39, 0.29) is 0 Å². The molecule has 6 heteroatoms. The molecule has 0 amide bonds. The van der Waals surface area contributed by atoms with Gasteiger partial charge in [0.2, 0.25) is 0 Å². The van der Waals surface area contributed by atoms with Gasteiger partial charge in [0.15, 0.2) is 5.82 Å². The molecule has 1 aliphatic carbocycles. The van der Waals surface area contributed by atoms with Gasteiger partial charge in [-0.15, -0.1) is 0 Å². The van der Waals surface area contributed by atoms with Crippen molar-refractivity contribution < 1.29 is 4.74 Å². The first-order chi connectivity index (χ1) is 11.3. The van der Waals surface area contributed by atoms with Gasteiger partial charge < -0.3 is 15.5 Å². The van der Waals surface area contributed by atoms with Crippen molar-refractivity contribution >= 4 is 17.3 Å². The standard InChI is InChI=1S/C17H19N5O/c1-23-12-8-6-11(7-9-12)20-16-15(10-18)13-4-2-3-5-14(13)17(21-16)22-19/h6-9H,2-5,19H2,1H3,(H2,20,21,22). The molecule has 3 rings (SSSR count). The van der Waals surface area contributed by atoms with E-state index in [9.17, 15) is 5.26 Å². The molecule has 1 aromatic heterocycles. The number of nitrogen functional groups attached to an aromatic ring is 1. The smallest absolute Gasteiger partial charge is 0.151 e. The number of rotatable bonds is 4. The average Bonchev–Trinajstić information content (AvgIpc) is 2.61. The van der Waals surface area contributed by atoms with Crippen molar-refractivity contribution in [2.75, 3.05) is 17.9 Å². The number of benzene rings is 1. The van der Waals surface area contributed by atoms with E-state index in [0.29, 0.717) is 17.2 Å². The summed E-state index contributed by atoms with van der Waals surface area (Å²) in [6.45, 7) is 0. The zero-order valence-electron chi connectivity index (χ0n) is 13.0. The van der Waals surface area contributed by atoms with E-state index in [1.807, 2.05) is 24.3 Å². The molecular formula is C17H19N5O. The molecule has 0 spiro atoms. The Morgan fingerprint density at radius 2 is 1.83 bits per heavy atom. The van der Waals surface area contributed by atoms with E-state index in [1.54, 1.807) is 7.11 Å². The van der Waals surface area contributed by atoms with Crippen LogP contribution in [0.15, 0.2) is 24.3 Å². The molecule has 118 valence electrons. The molecule has 0 saturated heterocycles. The second kappa shape index (κ2) is 6.55. The second-order valence-corrected chi connectivity index (χ2v) is 5.46. The first-order valence-electron chi connectivity index (χ1n) is 7.60. The third-order valence-electron chi connectivity index (χ3n) is 4.12. The summed E-state index contributed by atoms with van der Waals surface area (Å²) in [5.74, 6) is 7.58. The fourth-order valence-electron chi connectivity index (χ4n) is 2.96. The van der Waals surface area contributed by atoms with Crippen LogP contribution in [0.5, 0.6) is 5.75 Å². The number of nitriles is 1. The number of methoxy groups -OCH3 is 1. The molecule has 4 N–H and O–H groups in total. The number of nitrogens with two attached hydrogens (primary N) is 1. The average molecular weight is 309 g/mol. The highest BCUT2D eigenvalue weighted by Crippen LogP contribution is 2.33. The Labute approximate surface area is 135 Å². The Bertz CT molecular complexity index is 749. The van der Waals surface area contributed by atoms with Gasteiger partial charge in [-0.05, 0) is 55.5 Å². The van der Waals surface area contributed by atoms with Crippen LogP contribution in [0.25, 0.3) is 0 Å². The maximum atomic E-state index is 9.60. The number of anilines is 3. The molecule has 2 aromatic rings. The monoisotopic (exact) mass is 309 g/mol. The van der Waals surface area contributed by atoms with Crippen molar-refractivity contribution in [3.63, 3.8) is 0 Å². The summed E-state index contributed by atoms with van der Waals surface area (Å²) >= 11 is 0. The number of pyridine rings is 1. The molecule has 1 heterocycles. The largest absolute Gasteiger partial charge is 0.497 e. The fraction of sp³-hybridized carbons (Fsp3) is 0.294. The van der Waals surface area contributed by atoms with Gasteiger partial charge in [-0.2, -0.15) is 5.26 Å². The number of nitrogens with one attached hydrogen (secondary N) is 2. The van der Waals surface area contributed by atoms with Crippen molar-refractivity contribution in [3.8, 4) is 11.8 Å². The van der Waals surface area contributed by atoms with Crippen LogP contribution in [-0.4, -0.2) is 12.1 Å². The van der Waals surface area contributed by atoms with Gasteiger partial charge in [-0.25, -0.2) is 10.8 Å². The van der Waals surface area contributed by atoms with E-state index >= 15 is 0 Å². The van der Waals surface area contributed by atoms with Crippen LogP contribution in [0.4, 0.5) is 17.3 Å². The summed E-state index contributed by atoms with van der Waals surface area (Å²) in [7, 11) is 1.63. The van der Waals surface area contributed by atoms with Crippen LogP contribution in [-0.2, 0) is 12.8 Å². The first kappa shape index (κ1) is 15.1. The summed E-state index contributed by atoms with van der Waals surface area (Å²) in [4.78, 5) is 4.51. The minimum absolute atomic E-state index is 0.534. The zero-order valence-corrected chi connectivity index (χ0v) is 13.0. The van der Waals surface area contributed by atoms with Gasteiger partial charge in [-0.1, -0.05) is 0 Å². The van der Waals surface area contributed by atoms with E-state index in [2.05, 4.69) is 21.8 Å². The van der Waals surface area contributed by atoms with Gasteiger partial charge >= 0.3 is 0 Å². The van der Waals surface area contributed by atoms with Crippen LogP contribution < -0.4 is 21.3 Å². The van der Waals surface area contributed by atoms with Crippen LogP contribution in [0.1, 0.15) is 29.5 Å². The van der Waals surface area contributed by atoms with Crippen molar-refractivity contribution in [3.05, 3.63) is 41.0 Å². The van der Waals surface area contributed by atoms with Crippen LogP contribution in [0.3, 0.4) is 0 Å². The summed E-state index contributed by atoms with van der Waals surface area (Å²) in [5, 5.41) is 12.8. The van der Waals surface area contributed by atoms with Crippen LogP contribution in [0.2, 0.25) is 0 Å². The number of hydrogen-bond acceptors (Lipinski definition) is 6. The normalized spacial score (nSPS) is 12.9. The van der Waals surface area contributed by atoms with Gasteiger partial charge in [0.05, 0.1) is 12.7 Å². The Kier molecular flexibility index (Phi) is 4.31. The Hall–Kier alpha value is -2.78. The Balaban J connectivity index is 2.02. The number of fused-ring (bicyclic) bond motifs is 1. The molecule has 1 aromatic carbocycles. The number of nitrogens with zero attached hydrogens (tertiary/aromatic N) is 2. The topological polar surface area (TPSA) is 96.0 Å². The van der Waals surface area contributed by atoms with Crippen molar-refractivity contribution in [1.82, 2.24) is 4.98 Å². The SMILES string of the molecule is COc1ccc(Nc2nc(NN)c3c(c2C#N)CCCC3)cc1. The molecule has 0 saturated carbocycles. The summed E-state index contributed by atoms with van der Waals surface area (Å²) in [6.07, 6.45) is 3.96. The van der Waals surface area contributed by atoms with E-state index < -0.39 is 0 Å². The van der Waals surface area contributed by atoms with Gasteiger partial charge in [-0.3, -0.25) is 0 Å². The Morgan fingerprint density at radius 1 is 1.13 bits per heavy atom.